The molecule has 0 spiro atoms. The highest BCUT2D eigenvalue weighted by Gasteiger charge is 2.51. The maximum atomic E-state index is 13.8. The first kappa shape index (κ1) is 27.9. The summed E-state index contributed by atoms with van der Waals surface area (Å²) in [5, 5.41) is 0.639. The SMILES string of the molecule is CN(C(=O)Oc1ccc(F)cc1)C1(C)CN(C(=O)C2CCN(C3CCCCC3)CC2)CC1c1ccc(Cl)cc1. The Labute approximate surface area is 236 Å². The first-order valence-corrected chi connectivity index (χ1v) is 14.6. The molecule has 39 heavy (non-hydrogen) atoms. The summed E-state index contributed by atoms with van der Waals surface area (Å²) < 4.78 is 18.9. The monoisotopic (exact) mass is 555 g/mol. The van der Waals surface area contributed by atoms with E-state index in [4.69, 9.17) is 16.3 Å². The number of piperidine rings is 1. The van der Waals surface area contributed by atoms with Crippen molar-refractivity contribution in [2.45, 2.75) is 69.4 Å². The Morgan fingerprint density at radius 1 is 0.974 bits per heavy atom. The minimum atomic E-state index is -0.705. The van der Waals surface area contributed by atoms with Crippen LogP contribution in [0.1, 0.15) is 63.4 Å². The van der Waals surface area contributed by atoms with Crippen LogP contribution in [0.4, 0.5) is 9.18 Å². The van der Waals surface area contributed by atoms with Crippen molar-refractivity contribution in [1.29, 1.82) is 0 Å². The molecule has 0 aromatic heterocycles. The van der Waals surface area contributed by atoms with Crippen LogP contribution in [0.25, 0.3) is 0 Å². The van der Waals surface area contributed by atoms with E-state index in [0.717, 1.165) is 31.5 Å². The third-order valence-corrected chi connectivity index (χ3v) is 9.53. The molecule has 2 heterocycles. The van der Waals surface area contributed by atoms with E-state index in [1.165, 1.54) is 56.4 Å². The van der Waals surface area contributed by atoms with Crippen LogP contribution in [-0.2, 0) is 4.79 Å². The number of hydrogen-bond acceptors (Lipinski definition) is 4. The highest BCUT2D eigenvalue weighted by atomic mass is 35.5. The first-order valence-electron chi connectivity index (χ1n) is 14.2. The van der Waals surface area contributed by atoms with Gasteiger partial charge in [0.2, 0.25) is 5.91 Å². The Morgan fingerprint density at radius 3 is 2.26 bits per heavy atom. The fraction of sp³-hybridized carbons (Fsp3) is 0.548. The molecule has 2 aliphatic heterocycles. The molecule has 8 heteroatoms. The molecule has 2 atom stereocenters. The van der Waals surface area contributed by atoms with Crippen LogP contribution in [0.3, 0.4) is 0 Å². The van der Waals surface area contributed by atoms with E-state index < -0.39 is 17.4 Å². The summed E-state index contributed by atoms with van der Waals surface area (Å²) in [4.78, 5) is 33.2. The topological polar surface area (TPSA) is 53.1 Å². The molecule has 6 nitrogen and oxygen atoms in total. The number of likely N-dealkylation sites (tertiary alicyclic amines) is 2. The zero-order valence-electron chi connectivity index (χ0n) is 23.0. The standard InChI is InChI=1S/C31H39ClFN3O3/c1-31(34(2)30(38)39-27-14-12-25(33)13-15-27)21-36(20-28(31)22-8-10-24(32)11-9-22)29(37)23-16-18-35(19-17-23)26-6-4-3-5-7-26/h8-15,23,26,28H,3-7,16-21H2,1-2H3. The van der Waals surface area contributed by atoms with Gasteiger partial charge in [0.1, 0.15) is 11.6 Å². The van der Waals surface area contributed by atoms with E-state index in [9.17, 15) is 14.0 Å². The summed E-state index contributed by atoms with van der Waals surface area (Å²) in [5.74, 6) is -0.0504. The van der Waals surface area contributed by atoms with Gasteiger partial charge in [0.05, 0.1) is 5.54 Å². The van der Waals surface area contributed by atoms with E-state index in [1.807, 2.05) is 36.1 Å². The first-order chi connectivity index (χ1) is 18.7. The number of carbonyl (C=O) groups excluding carboxylic acids is 2. The number of likely N-dealkylation sites (N-methyl/N-ethyl adjacent to an activating group) is 1. The van der Waals surface area contributed by atoms with Crippen molar-refractivity contribution >= 4 is 23.6 Å². The second kappa shape index (κ2) is 11.8. The Morgan fingerprint density at radius 2 is 1.62 bits per heavy atom. The van der Waals surface area contributed by atoms with Crippen molar-refractivity contribution in [3.63, 3.8) is 0 Å². The maximum Gasteiger partial charge on any atom is 0.415 e. The van der Waals surface area contributed by atoms with E-state index in [-0.39, 0.29) is 23.5 Å². The molecule has 2 saturated heterocycles. The lowest BCUT2D eigenvalue weighted by Gasteiger charge is -2.40. The van der Waals surface area contributed by atoms with E-state index in [1.54, 1.807) is 11.9 Å². The number of ether oxygens (including phenoxy) is 1. The summed E-state index contributed by atoms with van der Waals surface area (Å²) in [5.41, 5.74) is 0.314. The predicted octanol–water partition coefficient (Wildman–Crippen LogP) is 6.34. The molecule has 0 bridgehead atoms. The van der Waals surface area contributed by atoms with Gasteiger partial charge < -0.3 is 19.4 Å². The molecule has 1 saturated carbocycles. The lowest BCUT2D eigenvalue weighted by molar-refractivity contribution is -0.136. The zero-order chi connectivity index (χ0) is 27.6. The highest BCUT2D eigenvalue weighted by Crippen LogP contribution is 2.41. The van der Waals surface area contributed by atoms with Crippen LogP contribution < -0.4 is 4.74 Å². The minimum Gasteiger partial charge on any atom is -0.410 e. The van der Waals surface area contributed by atoms with Crippen LogP contribution >= 0.6 is 11.6 Å². The van der Waals surface area contributed by atoms with Crippen molar-refractivity contribution in [3.05, 3.63) is 64.9 Å². The van der Waals surface area contributed by atoms with Gasteiger partial charge in [-0.05, 0) is 87.7 Å². The average molecular weight is 556 g/mol. The molecule has 0 N–H and O–H groups in total. The maximum absolute atomic E-state index is 13.8. The largest absolute Gasteiger partial charge is 0.415 e. The molecule has 2 amide bonds. The lowest BCUT2D eigenvalue weighted by atomic mass is 9.82. The van der Waals surface area contributed by atoms with Gasteiger partial charge in [-0.25, -0.2) is 9.18 Å². The number of nitrogens with zero attached hydrogens (tertiary/aromatic N) is 3. The smallest absolute Gasteiger partial charge is 0.410 e. The van der Waals surface area contributed by atoms with Crippen molar-refractivity contribution < 1.29 is 18.7 Å². The van der Waals surface area contributed by atoms with Crippen LogP contribution in [0, 0.1) is 11.7 Å². The quantitative estimate of drug-likeness (QED) is 0.432. The molecular weight excluding hydrogens is 517 g/mol. The summed E-state index contributed by atoms with van der Waals surface area (Å²) >= 11 is 6.17. The molecule has 2 unspecified atom stereocenters. The number of halogens is 2. The van der Waals surface area contributed by atoms with Gasteiger partial charge in [-0.3, -0.25) is 4.79 Å². The Kier molecular flexibility index (Phi) is 8.48. The molecule has 2 aromatic carbocycles. The molecule has 2 aromatic rings. The van der Waals surface area contributed by atoms with E-state index in [0.29, 0.717) is 24.2 Å². The van der Waals surface area contributed by atoms with Crippen molar-refractivity contribution in [2.24, 2.45) is 5.92 Å². The molecule has 3 aliphatic rings. The Hall–Kier alpha value is -2.64. The predicted molar refractivity (Wildman–Crippen MR) is 151 cm³/mol. The summed E-state index contributed by atoms with van der Waals surface area (Å²) in [6, 6.07) is 13.7. The average Bonchev–Trinajstić information content (AvgIpc) is 3.32. The van der Waals surface area contributed by atoms with Crippen LogP contribution in [0.2, 0.25) is 5.02 Å². The molecule has 3 fully saturated rings. The molecule has 210 valence electrons. The lowest BCUT2D eigenvalue weighted by Crippen LogP contribution is -2.53. The minimum absolute atomic E-state index is 0.00883. The van der Waals surface area contributed by atoms with Gasteiger partial charge in [-0.2, -0.15) is 0 Å². The normalized spacial score (nSPS) is 25.0. The Bertz CT molecular complexity index is 1150. The van der Waals surface area contributed by atoms with Gasteiger partial charge >= 0.3 is 6.09 Å². The molecule has 0 radical (unpaired) electrons. The fourth-order valence-corrected chi connectivity index (χ4v) is 6.87. The fourth-order valence-electron chi connectivity index (χ4n) is 6.74. The van der Waals surface area contributed by atoms with Crippen LogP contribution in [-0.4, -0.2) is 71.5 Å². The van der Waals surface area contributed by atoms with Crippen LogP contribution in [0.15, 0.2) is 48.5 Å². The number of benzene rings is 2. The third-order valence-electron chi connectivity index (χ3n) is 9.28. The number of carbonyl (C=O) groups is 2. The summed E-state index contributed by atoms with van der Waals surface area (Å²) in [6.07, 6.45) is 7.78. The number of amides is 2. The van der Waals surface area contributed by atoms with Gasteiger partial charge in [0.25, 0.3) is 0 Å². The van der Waals surface area contributed by atoms with Gasteiger partial charge in [0.15, 0.2) is 0 Å². The van der Waals surface area contributed by atoms with E-state index >= 15 is 0 Å². The number of rotatable bonds is 5. The van der Waals surface area contributed by atoms with Crippen molar-refractivity contribution in [3.8, 4) is 5.75 Å². The third kappa shape index (κ3) is 6.09. The van der Waals surface area contributed by atoms with Crippen molar-refractivity contribution in [2.75, 3.05) is 33.2 Å². The highest BCUT2D eigenvalue weighted by molar-refractivity contribution is 6.30. The number of hydrogen-bond donors (Lipinski definition) is 0. The Balaban J connectivity index is 1.31. The van der Waals surface area contributed by atoms with E-state index in [2.05, 4.69) is 4.90 Å². The summed E-state index contributed by atoms with van der Waals surface area (Å²) in [6.45, 7) is 4.91. The summed E-state index contributed by atoms with van der Waals surface area (Å²) in [7, 11) is 1.71. The van der Waals surface area contributed by atoms with Gasteiger partial charge in [-0.1, -0.05) is 43.0 Å². The van der Waals surface area contributed by atoms with Crippen LogP contribution in [0.5, 0.6) is 5.75 Å². The van der Waals surface area contributed by atoms with Gasteiger partial charge in [0, 0.05) is 43.0 Å². The molecular formula is C31H39ClFN3O3. The molecule has 5 rings (SSSR count). The second-order valence-corrected chi connectivity index (χ2v) is 12.1. The molecule has 1 aliphatic carbocycles. The zero-order valence-corrected chi connectivity index (χ0v) is 23.7. The van der Waals surface area contributed by atoms with Crippen molar-refractivity contribution in [1.82, 2.24) is 14.7 Å². The van der Waals surface area contributed by atoms with Gasteiger partial charge in [-0.15, -0.1) is 0 Å². The second-order valence-electron chi connectivity index (χ2n) is 11.7.